The Morgan fingerprint density at radius 1 is 1.32 bits per heavy atom. The molecule has 1 heterocycles. The molecule has 0 radical (unpaired) electrons. The van der Waals surface area contributed by atoms with Crippen LogP contribution in [0.3, 0.4) is 0 Å². The minimum atomic E-state index is 0.0900. The van der Waals surface area contributed by atoms with Gasteiger partial charge in [-0.15, -0.1) is 0 Å². The number of likely N-dealkylation sites (tertiary alicyclic amines) is 1. The molecule has 0 amide bonds. The fourth-order valence-electron chi connectivity index (χ4n) is 2.82. The summed E-state index contributed by atoms with van der Waals surface area (Å²) < 4.78 is 1.14. The normalized spacial score (nSPS) is 24.4. The highest BCUT2D eigenvalue weighted by atomic mass is 79.9. The van der Waals surface area contributed by atoms with Crippen molar-refractivity contribution in [2.45, 2.75) is 39.2 Å². The number of hydrogen-bond donors (Lipinski definition) is 0. The van der Waals surface area contributed by atoms with Crippen molar-refractivity contribution in [2.75, 3.05) is 13.1 Å². The van der Waals surface area contributed by atoms with Crippen LogP contribution in [0.15, 0.2) is 22.7 Å². The van der Waals surface area contributed by atoms with E-state index >= 15 is 0 Å². The van der Waals surface area contributed by atoms with Gasteiger partial charge in [-0.25, -0.2) is 0 Å². The third-order valence-electron chi connectivity index (χ3n) is 4.14. The molecule has 0 aliphatic carbocycles. The van der Waals surface area contributed by atoms with E-state index in [2.05, 4.69) is 72.8 Å². The third-order valence-corrected chi connectivity index (χ3v) is 5.00. The van der Waals surface area contributed by atoms with Gasteiger partial charge in [0.1, 0.15) is 0 Å². The van der Waals surface area contributed by atoms with Crippen molar-refractivity contribution in [1.82, 2.24) is 4.90 Å². The average Bonchev–Trinajstić information content (AvgIpc) is 2.76. The monoisotopic (exact) mass is 320 g/mol. The Labute approximate surface area is 124 Å². The molecule has 1 aromatic carbocycles. The Morgan fingerprint density at radius 2 is 2.00 bits per heavy atom. The van der Waals surface area contributed by atoms with Crippen LogP contribution < -0.4 is 0 Å². The largest absolute Gasteiger partial charge is 0.297 e. The van der Waals surface area contributed by atoms with Gasteiger partial charge in [0, 0.05) is 29.0 Å². The van der Waals surface area contributed by atoms with E-state index in [-0.39, 0.29) is 11.5 Å². The molecular formula is C16H21BrN2. The molecule has 0 bridgehead atoms. The van der Waals surface area contributed by atoms with Crippen molar-refractivity contribution in [3.8, 4) is 6.07 Å². The summed E-state index contributed by atoms with van der Waals surface area (Å²) in [5, 5.41) is 9.45. The van der Waals surface area contributed by atoms with Crippen LogP contribution in [-0.2, 0) is 0 Å². The second-order valence-electron chi connectivity index (χ2n) is 6.37. The maximum absolute atomic E-state index is 9.45. The maximum Gasteiger partial charge on any atom is 0.0676 e. The lowest BCUT2D eigenvalue weighted by atomic mass is 9.87. The lowest BCUT2D eigenvalue weighted by molar-refractivity contribution is 0.170. The van der Waals surface area contributed by atoms with Crippen molar-refractivity contribution >= 4 is 15.9 Å². The summed E-state index contributed by atoms with van der Waals surface area (Å²) in [6.07, 6.45) is 0. The Balaban J connectivity index is 2.34. The summed E-state index contributed by atoms with van der Waals surface area (Å²) in [7, 11) is 0. The molecule has 0 N–H and O–H groups in total. The van der Waals surface area contributed by atoms with Crippen LogP contribution in [-0.4, -0.2) is 23.5 Å². The molecule has 1 fully saturated rings. The highest BCUT2D eigenvalue weighted by molar-refractivity contribution is 9.10. The Morgan fingerprint density at radius 3 is 2.58 bits per heavy atom. The van der Waals surface area contributed by atoms with Crippen LogP contribution in [0.5, 0.6) is 0 Å². The lowest BCUT2D eigenvalue weighted by Crippen LogP contribution is -2.39. The van der Waals surface area contributed by atoms with Gasteiger partial charge in [0.05, 0.1) is 12.0 Å². The minimum absolute atomic E-state index is 0.0900. The first-order valence-corrected chi connectivity index (χ1v) is 7.53. The van der Waals surface area contributed by atoms with Crippen LogP contribution in [0.1, 0.15) is 37.8 Å². The molecule has 1 saturated heterocycles. The minimum Gasteiger partial charge on any atom is -0.297 e. The van der Waals surface area contributed by atoms with E-state index in [1.807, 2.05) is 0 Å². The van der Waals surface area contributed by atoms with Crippen molar-refractivity contribution in [3.05, 3.63) is 33.8 Å². The zero-order valence-corrected chi connectivity index (χ0v) is 13.7. The maximum atomic E-state index is 9.45. The number of rotatable bonds is 1. The second kappa shape index (κ2) is 5.26. The number of halogens is 1. The molecule has 3 heteroatoms. The van der Waals surface area contributed by atoms with Gasteiger partial charge in [-0.05, 0) is 44.9 Å². The molecule has 102 valence electrons. The zero-order chi connectivity index (χ0) is 14.2. The van der Waals surface area contributed by atoms with Gasteiger partial charge < -0.3 is 0 Å². The zero-order valence-electron chi connectivity index (χ0n) is 12.1. The first-order valence-electron chi connectivity index (χ1n) is 6.74. The summed E-state index contributed by atoms with van der Waals surface area (Å²) in [4.78, 5) is 2.42. The van der Waals surface area contributed by atoms with Crippen LogP contribution >= 0.6 is 15.9 Å². The van der Waals surface area contributed by atoms with E-state index < -0.39 is 0 Å². The van der Waals surface area contributed by atoms with Gasteiger partial charge in [0.2, 0.25) is 0 Å². The van der Waals surface area contributed by atoms with Gasteiger partial charge >= 0.3 is 0 Å². The van der Waals surface area contributed by atoms with E-state index in [9.17, 15) is 5.26 Å². The molecule has 0 saturated carbocycles. The number of nitriles is 1. The summed E-state index contributed by atoms with van der Waals surface area (Å²) >= 11 is 3.59. The Hall–Kier alpha value is -0.850. The highest BCUT2D eigenvalue weighted by Gasteiger charge is 2.39. The van der Waals surface area contributed by atoms with Gasteiger partial charge in [-0.3, -0.25) is 4.90 Å². The smallest absolute Gasteiger partial charge is 0.0676 e. The molecule has 1 aromatic rings. The van der Waals surface area contributed by atoms with Crippen molar-refractivity contribution in [2.24, 2.45) is 5.92 Å². The van der Waals surface area contributed by atoms with E-state index in [1.165, 1.54) is 11.1 Å². The first-order chi connectivity index (χ1) is 8.84. The van der Waals surface area contributed by atoms with E-state index in [4.69, 9.17) is 0 Å². The molecule has 0 unspecified atom stereocenters. The summed E-state index contributed by atoms with van der Waals surface area (Å²) in [6.45, 7) is 10.6. The fraction of sp³-hybridized carbons (Fsp3) is 0.562. The molecule has 2 rings (SSSR count). The average molecular weight is 321 g/mol. The SMILES string of the molecule is Cc1c(Br)cccc1[C@@H]1CN(C(C)(C)C)C[C@H]1C#N. The van der Waals surface area contributed by atoms with Gasteiger partial charge in [0.15, 0.2) is 0 Å². The highest BCUT2D eigenvalue weighted by Crippen LogP contribution is 2.38. The number of nitrogens with zero attached hydrogens (tertiary/aromatic N) is 2. The van der Waals surface area contributed by atoms with E-state index in [0.29, 0.717) is 5.92 Å². The van der Waals surface area contributed by atoms with Crippen LogP contribution in [0.25, 0.3) is 0 Å². The molecule has 2 nitrogen and oxygen atoms in total. The molecule has 1 aliphatic rings. The summed E-state index contributed by atoms with van der Waals surface area (Å²) in [5.41, 5.74) is 2.71. The van der Waals surface area contributed by atoms with E-state index in [0.717, 1.165) is 17.6 Å². The molecule has 0 spiro atoms. The van der Waals surface area contributed by atoms with E-state index in [1.54, 1.807) is 0 Å². The molecule has 2 atom stereocenters. The first kappa shape index (κ1) is 14.6. The Kier molecular flexibility index (Phi) is 4.03. The number of hydrogen-bond acceptors (Lipinski definition) is 2. The lowest BCUT2D eigenvalue weighted by Gasteiger charge is -2.31. The molecular weight excluding hydrogens is 300 g/mol. The predicted molar refractivity (Wildman–Crippen MR) is 82.0 cm³/mol. The summed E-state index contributed by atoms with van der Waals surface area (Å²) in [6, 6.07) is 8.81. The van der Waals surface area contributed by atoms with Crippen LogP contribution in [0.4, 0.5) is 0 Å². The second-order valence-corrected chi connectivity index (χ2v) is 7.23. The molecule has 1 aliphatic heterocycles. The van der Waals surface area contributed by atoms with Crippen LogP contribution in [0.2, 0.25) is 0 Å². The van der Waals surface area contributed by atoms with Crippen molar-refractivity contribution in [1.29, 1.82) is 5.26 Å². The van der Waals surface area contributed by atoms with Gasteiger partial charge in [0.25, 0.3) is 0 Å². The quantitative estimate of drug-likeness (QED) is 0.779. The third kappa shape index (κ3) is 2.85. The summed E-state index contributed by atoms with van der Waals surface area (Å²) in [5.74, 6) is 0.411. The van der Waals surface area contributed by atoms with Gasteiger partial charge in [-0.1, -0.05) is 28.1 Å². The number of benzene rings is 1. The Bertz CT molecular complexity index is 510. The topological polar surface area (TPSA) is 27.0 Å². The molecule has 0 aromatic heterocycles. The van der Waals surface area contributed by atoms with Crippen molar-refractivity contribution < 1.29 is 0 Å². The van der Waals surface area contributed by atoms with Crippen molar-refractivity contribution in [3.63, 3.8) is 0 Å². The van der Waals surface area contributed by atoms with Crippen LogP contribution in [0, 0.1) is 24.2 Å². The standard InChI is InChI=1S/C16H21BrN2/c1-11-13(6-5-7-15(11)17)14-10-19(16(2,3)4)9-12(14)8-18/h5-7,12,14H,9-10H2,1-4H3/t12-,14-/m1/s1. The predicted octanol–water partition coefficient (Wildman–Crippen LogP) is 4.10. The fourth-order valence-corrected chi connectivity index (χ4v) is 3.20. The molecule has 19 heavy (non-hydrogen) atoms. The van der Waals surface area contributed by atoms with Gasteiger partial charge in [-0.2, -0.15) is 5.26 Å².